The van der Waals surface area contributed by atoms with Crippen LogP contribution in [0.5, 0.6) is 0 Å². The number of halogens is 6. The van der Waals surface area contributed by atoms with Crippen molar-refractivity contribution in [2.24, 2.45) is 0 Å². The third-order valence-electron chi connectivity index (χ3n) is 2.10. The molecule has 0 fully saturated rings. The van der Waals surface area contributed by atoms with E-state index in [1.54, 1.807) is 0 Å². The molecule has 0 aliphatic rings. The standard InChI is InChI=1S/C10H8ClF5O/c11-6-4-7(12)5(3-8(6)13)9(17)1-2-10(14,15)16/h3-4,9,17H,1-2H2. The van der Waals surface area contributed by atoms with Gasteiger partial charge in [0.1, 0.15) is 11.6 Å². The van der Waals surface area contributed by atoms with Crippen molar-refractivity contribution < 1.29 is 27.1 Å². The Labute approximate surface area is 98.8 Å². The topological polar surface area (TPSA) is 20.2 Å². The summed E-state index contributed by atoms with van der Waals surface area (Å²) in [5, 5.41) is 8.84. The van der Waals surface area contributed by atoms with Crippen LogP contribution in [0.4, 0.5) is 22.0 Å². The minimum Gasteiger partial charge on any atom is -0.388 e. The molecule has 0 saturated carbocycles. The summed E-state index contributed by atoms with van der Waals surface area (Å²) in [6.45, 7) is 0. The van der Waals surface area contributed by atoms with Gasteiger partial charge in [0.2, 0.25) is 0 Å². The second-order valence-corrected chi connectivity index (χ2v) is 3.86. The summed E-state index contributed by atoms with van der Waals surface area (Å²) in [6.07, 6.45) is -8.19. The monoisotopic (exact) mass is 274 g/mol. The van der Waals surface area contributed by atoms with Gasteiger partial charge in [0.15, 0.2) is 0 Å². The molecule has 0 amide bonds. The highest BCUT2D eigenvalue weighted by Crippen LogP contribution is 2.30. The van der Waals surface area contributed by atoms with Crippen LogP contribution >= 0.6 is 11.6 Å². The molecule has 1 unspecified atom stereocenters. The molecule has 0 bridgehead atoms. The Morgan fingerprint density at radius 3 is 2.29 bits per heavy atom. The zero-order chi connectivity index (χ0) is 13.2. The maximum Gasteiger partial charge on any atom is 0.389 e. The number of benzene rings is 1. The molecule has 1 N–H and O–H groups in total. The molecule has 0 aliphatic heterocycles. The Kier molecular flexibility index (Phi) is 4.32. The fourth-order valence-corrected chi connectivity index (χ4v) is 1.40. The van der Waals surface area contributed by atoms with Crippen LogP contribution in [0.2, 0.25) is 5.02 Å². The normalized spacial score (nSPS) is 13.8. The first-order valence-electron chi connectivity index (χ1n) is 4.60. The summed E-state index contributed by atoms with van der Waals surface area (Å²) in [7, 11) is 0. The van der Waals surface area contributed by atoms with Crippen LogP contribution in [0.25, 0.3) is 0 Å². The molecule has 0 aromatic heterocycles. The summed E-state index contributed by atoms with van der Waals surface area (Å²) >= 11 is 5.26. The van der Waals surface area contributed by atoms with E-state index in [1.807, 2.05) is 0 Å². The Hall–Kier alpha value is -0.880. The summed E-state index contributed by atoms with van der Waals surface area (Å²) in [5.74, 6) is -2.03. The Bertz CT molecular complexity index is 404. The van der Waals surface area contributed by atoms with E-state index < -0.39 is 47.3 Å². The van der Waals surface area contributed by atoms with E-state index in [4.69, 9.17) is 11.6 Å². The number of alkyl halides is 3. The maximum absolute atomic E-state index is 13.2. The highest BCUT2D eigenvalue weighted by Gasteiger charge is 2.29. The molecule has 0 saturated heterocycles. The number of aliphatic hydroxyl groups excluding tert-OH is 1. The third kappa shape index (κ3) is 4.12. The fraction of sp³-hybridized carbons (Fsp3) is 0.400. The lowest BCUT2D eigenvalue weighted by molar-refractivity contribution is -0.140. The first-order valence-corrected chi connectivity index (χ1v) is 4.98. The summed E-state index contributed by atoms with van der Waals surface area (Å²) in [5.41, 5.74) is -0.531. The zero-order valence-corrected chi connectivity index (χ0v) is 9.12. The lowest BCUT2D eigenvalue weighted by atomic mass is 10.0. The van der Waals surface area contributed by atoms with Crippen LogP contribution < -0.4 is 0 Å². The molecule has 1 atom stereocenters. The maximum atomic E-state index is 13.2. The molecular weight excluding hydrogens is 267 g/mol. The van der Waals surface area contributed by atoms with Gasteiger partial charge in [-0.2, -0.15) is 13.2 Å². The summed E-state index contributed by atoms with van der Waals surface area (Å²) in [4.78, 5) is 0. The predicted molar refractivity (Wildman–Crippen MR) is 51.6 cm³/mol. The lowest BCUT2D eigenvalue weighted by Crippen LogP contribution is -2.11. The van der Waals surface area contributed by atoms with Gasteiger partial charge >= 0.3 is 6.18 Å². The van der Waals surface area contributed by atoms with E-state index in [0.717, 1.165) is 0 Å². The van der Waals surface area contributed by atoms with Crippen LogP contribution in [-0.4, -0.2) is 11.3 Å². The minimum absolute atomic E-state index is 0.491. The van der Waals surface area contributed by atoms with Crippen molar-refractivity contribution in [2.45, 2.75) is 25.1 Å². The predicted octanol–water partition coefficient (Wildman–Crippen LogP) is 3.99. The van der Waals surface area contributed by atoms with Gasteiger partial charge in [0.05, 0.1) is 11.1 Å². The van der Waals surface area contributed by atoms with Gasteiger partial charge in [-0.25, -0.2) is 8.78 Å². The molecule has 1 rings (SSSR count). The van der Waals surface area contributed by atoms with E-state index in [9.17, 15) is 27.1 Å². The number of hydrogen-bond acceptors (Lipinski definition) is 1. The molecule has 1 aromatic carbocycles. The van der Waals surface area contributed by atoms with Gasteiger partial charge in [0, 0.05) is 12.0 Å². The molecule has 0 spiro atoms. The largest absolute Gasteiger partial charge is 0.389 e. The summed E-state index contributed by atoms with van der Waals surface area (Å²) in [6, 6.07) is 1.21. The molecule has 0 heterocycles. The quantitative estimate of drug-likeness (QED) is 0.652. The number of aliphatic hydroxyl groups is 1. The van der Waals surface area contributed by atoms with Crippen LogP contribution in [0.3, 0.4) is 0 Å². The first-order chi connectivity index (χ1) is 7.70. The average Bonchev–Trinajstić information content (AvgIpc) is 2.19. The van der Waals surface area contributed by atoms with Crippen molar-refractivity contribution in [3.05, 3.63) is 34.4 Å². The SMILES string of the molecule is OC(CCC(F)(F)F)c1cc(F)c(Cl)cc1F. The highest BCUT2D eigenvalue weighted by molar-refractivity contribution is 6.30. The van der Waals surface area contributed by atoms with Crippen molar-refractivity contribution in [2.75, 3.05) is 0 Å². The Balaban J connectivity index is 2.82. The molecule has 96 valence electrons. The van der Waals surface area contributed by atoms with Crippen LogP contribution in [0.15, 0.2) is 12.1 Å². The fourth-order valence-electron chi connectivity index (χ4n) is 1.25. The first kappa shape index (κ1) is 14.2. The van der Waals surface area contributed by atoms with Crippen LogP contribution in [-0.2, 0) is 0 Å². The molecular formula is C10H8ClF5O. The third-order valence-corrected chi connectivity index (χ3v) is 2.39. The zero-order valence-electron chi connectivity index (χ0n) is 8.36. The minimum atomic E-state index is -4.46. The molecule has 17 heavy (non-hydrogen) atoms. The molecule has 0 aliphatic carbocycles. The number of hydrogen-bond donors (Lipinski definition) is 1. The molecule has 1 nitrogen and oxygen atoms in total. The average molecular weight is 275 g/mol. The molecule has 0 radical (unpaired) electrons. The van der Waals surface area contributed by atoms with Crippen molar-refractivity contribution in [1.82, 2.24) is 0 Å². The molecule has 7 heteroatoms. The lowest BCUT2D eigenvalue weighted by Gasteiger charge is -2.13. The van der Waals surface area contributed by atoms with Crippen molar-refractivity contribution in [3.63, 3.8) is 0 Å². The van der Waals surface area contributed by atoms with Crippen molar-refractivity contribution >= 4 is 11.6 Å². The highest BCUT2D eigenvalue weighted by atomic mass is 35.5. The Morgan fingerprint density at radius 2 is 1.76 bits per heavy atom. The van der Waals surface area contributed by atoms with Gasteiger partial charge in [-0.1, -0.05) is 11.6 Å². The van der Waals surface area contributed by atoms with Gasteiger partial charge in [-0.15, -0.1) is 0 Å². The van der Waals surface area contributed by atoms with Gasteiger partial charge in [0.25, 0.3) is 0 Å². The van der Waals surface area contributed by atoms with E-state index in [-0.39, 0.29) is 0 Å². The van der Waals surface area contributed by atoms with E-state index in [1.165, 1.54) is 0 Å². The van der Waals surface area contributed by atoms with Gasteiger partial charge < -0.3 is 5.11 Å². The van der Waals surface area contributed by atoms with Crippen LogP contribution in [0.1, 0.15) is 24.5 Å². The summed E-state index contributed by atoms with van der Waals surface area (Å²) < 4.78 is 61.8. The second-order valence-electron chi connectivity index (χ2n) is 3.46. The van der Waals surface area contributed by atoms with E-state index >= 15 is 0 Å². The van der Waals surface area contributed by atoms with Crippen LogP contribution in [0, 0.1) is 11.6 Å². The molecule has 1 aromatic rings. The van der Waals surface area contributed by atoms with E-state index in [0.29, 0.717) is 12.1 Å². The van der Waals surface area contributed by atoms with Crippen molar-refractivity contribution in [3.8, 4) is 0 Å². The van der Waals surface area contributed by atoms with Gasteiger partial charge in [-0.05, 0) is 18.6 Å². The smallest absolute Gasteiger partial charge is 0.388 e. The number of rotatable bonds is 3. The second kappa shape index (κ2) is 5.18. The Morgan fingerprint density at radius 1 is 1.18 bits per heavy atom. The van der Waals surface area contributed by atoms with Crippen molar-refractivity contribution in [1.29, 1.82) is 0 Å². The van der Waals surface area contributed by atoms with Gasteiger partial charge in [-0.3, -0.25) is 0 Å². The van der Waals surface area contributed by atoms with E-state index in [2.05, 4.69) is 0 Å².